The second-order valence-corrected chi connectivity index (χ2v) is 6.64. The molecule has 0 fully saturated rings. The Morgan fingerprint density at radius 3 is 2.68 bits per heavy atom. The Morgan fingerprint density at radius 1 is 1.41 bits per heavy atom. The van der Waals surface area contributed by atoms with Crippen molar-refractivity contribution in [2.45, 2.75) is 17.4 Å². The van der Waals surface area contributed by atoms with Crippen LogP contribution in [0.25, 0.3) is 0 Å². The van der Waals surface area contributed by atoms with E-state index in [0.717, 1.165) is 6.07 Å². The molecule has 1 heterocycles. The van der Waals surface area contributed by atoms with Gasteiger partial charge < -0.3 is 14.3 Å². The standard InChI is InChI=1S/C14H16FNO5S/c1-14(17,13-4-3-7-21-13)9-16-22(18,19)10-5-6-12(20-2)11(15)8-10/h3-8,16-17H,9H2,1-2H3/t14-/m1/s1. The fraction of sp³-hybridized carbons (Fsp3) is 0.286. The van der Waals surface area contributed by atoms with Crippen molar-refractivity contribution in [3.8, 4) is 5.75 Å². The van der Waals surface area contributed by atoms with Crippen molar-refractivity contribution in [2.24, 2.45) is 0 Å². The van der Waals surface area contributed by atoms with E-state index in [1.54, 1.807) is 6.07 Å². The summed E-state index contributed by atoms with van der Waals surface area (Å²) in [5.41, 5.74) is -1.53. The first kappa shape index (κ1) is 16.5. The van der Waals surface area contributed by atoms with Crippen LogP contribution in [0.3, 0.4) is 0 Å². The molecule has 0 saturated heterocycles. The van der Waals surface area contributed by atoms with Crippen LogP contribution in [-0.2, 0) is 15.6 Å². The summed E-state index contributed by atoms with van der Waals surface area (Å²) in [7, 11) is -2.70. The number of halogens is 1. The molecule has 0 aliphatic heterocycles. The molecule has 0 spiro atoms. The van der Waals surface area contributed by atoms with E-state index in [2.05, 4.69) is 4.72 Å². The molecule has 2 aromatic rings. The number of benzene rings is 1. The Kier molecular flexibility index (Phi) is 4.55. The lowest BCUT2D eigenvalue weighted by molar-refractivity contribution is 0.0395. The maximum Gasteiger partial charge on any atom is 0.240 e. The number of sulfonamides is 1. The van der Waals surface area contributed by atoms with Crippen molar-refractivity contribution < 1.29 is 27.1 Å². The van der Waals surface area contributed by atoms with Crippen molar-refractivity contribution in [1.82, 2.24) is 4.72 Å². The van der Waals surface area contributed by atoms with Crippen LogP contribution in [0.2, 0.25) is 0 Å². The molecule has 22 heavy (non-hydrogen) atoms. The van der Waals surface area contributed by atoms with Gasteiger partial charge in [0.1, 0.15) is 11.4 Å². The Balaban J connectivity index is 2.16. The molecule has 2 N–H and O–H groups in total. The number of ether oxygens (including phenoxy) is 1. The third-order valence-corrected chi connectivity index (χ3v) is 4.49. The van der Waals surface area contributed by atoms with Gasteiger partial charge in [0.05, 0.1) is 18.3 Å². The van der Waals surface area contributed by atoms with Crippen LogP contribution < -0.4 is 9.46 Å². The van der Waals surface area contributed by atoms with E-state index >= 15 is 0 Å². The molecule has 0 aliphatic rings. The number of nitrogens with one attached hydrogen (secondary N) is 1. The van der Waals surface area contributed by atoms with Gasteiger partial charge >= 0.3 is 0 Å². The lowest BCUT2D eigenvalue weighted by atomic mass is 10.1. The van der Waals surface area contributed by atoms with Gasteiger partial charge in [-0.25, -0.2) is 17.5 Å². The highest BCUT2D eigenvalue weighted by Crippen LogP contribution is 2.23. The van der Waals surface area contributed by atoms with E-state index in [1.165, 1.54) is 38.5 Å². The largest absolute Gasteiger partial charge is 0.494 e. The van der Waals surface area contributed by atoms with E-state index in [1.807, 2.05) is 0 Å². The fourth-order valence-corrected chi connectivity index (χ4v) is 2.95. The van der Waals surface area contributed by atoms with Gasteiger partial charge in [-0.15, -0.1) is 0 Å². The maximum atomic E-state index is 13.6. The third kappa shape index (κ3) is 3.46. The van der Waals surface area contributed by atoms with E-state index in [-0.39, 0.29) is 22.9 Å². The Labute approximate surface area is 127 Å². The lowest BCUT2D eigenvalue weighted by Crippen LogP contribution is -2.38. The first-order valence-corrected chi connectivity index (χ1v) is 7.84. The molecule has 1 aromatic carbocycles. The van der Waals surface area contributed by atoms with Crippen LogP contribution in [-0.4, -0.2) is 27.2 Å². The van der Waals surface area contributed by atoms with Crippen molar-refractivity contribution in [3.63, 3.8) is 0 Å². The van der Waals surface area contributed by atoms with Crippen LogP contribution in [0.15, 0.2) is 45.9 Å². The first-order valence-electron chi connectivity index (χ1n) is 6.36. The van der Waals surface area contributed by atoms with Gasteiger partial charge in [-0.1, -0.05) is 0 Å². The zero-order valence-electron chi connectivity index (χ0n) is 12.0. The van der Waals surface area contributed by atoms with Gasteiger partial charge in [-0.05, 0) is 37.3 Å². The van der Waals surface area contributed by atoms with Gasteiger partial charge in [-0.3, -0.25) is 0 Å². The number of rotatable bonds is 6. The highest BCUT2D eigenvalue weighted by Gasteiger charge is 2.29. The minimum Gasteiger partial charge on any atom is -0.494 e. The van der Waals surface area contributed by atoms with Gasteiger partial charge in [0, 0.05) is 6.54 Å². The summed E-state index contributed by atoms with van der Waals surface area (Å²) < 4.78 is 49.9. The van der Waals surface area contributed by atoms with E-state index < -0.39 is 21.4 Å². The van der Waals surface area contributed by atoms with Crippen LogP contribution in [0.4, 0.5) is 4.39 Å². The zero-order valence-corrected chi connectivity index (χ0v) is 12.9. The summed E-state index contributed by atoms with van der Waals surface area (Å²) in [4.78, 5) is -0.263. The molecule has 8 heteroatoms. The minimum atomic E-state index is -3.98. The van der Waals surface area contributed by atoms with Crippen LogP contribution in [0.1, 0.15) is 12.7 Å². The monoisotopic (exact) mass is 329 g/mol. The number of methoxy groups -OCH3 is 1. The van der Waals surface area contributed by atoms with Crippen molar-refractivity contribution in [1.29, 1.82) is 0 Å². The topological polar surface area (TPSA) is 88.8 Å². The van der Waals surface area contributed by atoms with Gasteiger partial charge in [0.25, 0.3) is 0 Å². The number of aliphatic hydroxyl groups is 1. The number of hydrogen-bond acceptors (Lipinski definition) is 5. The summed E-state index contributed by atoms with van der Waals surface area (Å²) in [6.07, 6.45) is 1.37. The summed E-state index contributed by atoms with van der Waals surface area (Å²) in [6, 6.07) is 6.39. The smallest absolute Gasteiger partial charge is 0.240 e. The van der Waals surface area contributed by atoms with E-state index in [9.17, 15) is 17.9 Å². The Hall–Kier alpha value is -1.90. The molecule has 2 rings (SSSR count). The molecule has 0 radical (unpaired) electrons. The summed E-state index contributed by atoms with van der Waals surface area (Å²) >= 11 is 0. The molecule has 1 atom stereocenters. The van der Waals surface area contributed by atoms with Crippen molar-refractivity contribution >= 4 is 10.0 Å². The average Bonchev–Trinajstić information content (AvgIpc) is 3.00. The molecular formula is C14H16FNO5S. The summed E-state index contributed by atoms with van der Waals surface area (Å²) in [5, 5.41) is 10.2. The summed E-state index contributed by atoms with van der Waals surface area (Å²) in [5.74, 6) is -0.624. The first-order chi connectivity index (χ1) is 10.3. The molecular weight excluding hydrogens is 313 g/mol. The van der Waals surface area contributed by atoms with Crippen molar-refractivity contribution in [3.05, 3.63) is 48.2 Å². The number of furan rings is 1. The third-order valence-electron chi connectivity index (χ3n) is 3.09. The average molecular weight is 329 g/mol. The quantitative estimate of drug-likeness (QED) is 0.840. The molecule has 120 valence electrons. The predicted molar refractivity (Wildman–Crippen MR) is 76.4 cm³/mol. The Morgan fingerprint density at radius 2 is 2.14 bits per heavy atom. The zero-order chi connectivity index (χ0) is 16.4. The lowest BCUT2D eigenvalue weighted by Gasteiger charge is -2.21. The molecule has 6 nitrogen and oxygen atoms in total. The van der Waals surface area contributed by atoms with Gasteiger partial charge in [-0.2, -0.15) is 0 Å². The molecule has 0 amide bonds. The Bertz CT molecular complexity index is 741. The molecule has 0 unspecified atom stereocenters. The highest BCUT2D eigenvalue weighted by atomic mass is 32.2. The second-order valence-electron chi connectivity index (χ2n) is 4.87. The van der Waals surface area contributed by atoms with Crippen LogP contribution in [0, 0.1) is 5.82 Å². The second kappa shape index (κ2) is 6.07. The molecule has 0 saturated carbocycles. The minimum absolute atomic E-state index is 0.0541. The van der Waals surface area contributed by atoms with E-state index in [0.29, 0.717) is 0 Å². The fourth-order valence-electron chi connectivity index (χ4n) is 1.81. The van der Waals surface area contributed by atoms with E-state index in [4.69, 9.17) is 9.15 Å². The molecule has 0 bridgehead atoms. The molecule has 1 aromatic heterocycles. The summed E-state index contributed by atoms with van der Waals surface area (Å²) in [6.45, 7) is 1.08. The SMILES string of the molecule is COc1ccc(S(=O)(=O)NC[C@@](C)(O)c2ccco2)cc1F. The van der Waals surface area contributed by atoms with Crippen LogP contribution >= 0.6 is 0 Å². The maximum absolute atomic E-state index is 13.6. The number of hydrogen-bond donors (Lipinski definition) is 2. The highest BCUT2D eigenvalue weighted by molar-refractivity contribution is 7.89. The normalized spacial score (nSPS) is 14.5. The predicted octanol–water partition coefficient (Wildman–Crippen LogP) is 1.61. The molecule has 0 aliphatic carbocycles. The van der Waals surface area contributed by atoms with Gasteiger partial charge in [0.2, 0.25) is 10.0 Å². The van der Waals surface area contributed by atoms with Crippen LogP contribution in [0.5, 0.6) is 5.75 Å². The van der Waals surface area contributed by atoms with Gasteiger partial charge in [0.15, 0.2) is 11.6 Å². The van der Waals surface area contributed by atoms with Crippen molar-refractivity contribution in [2.75, 3.05) is 13.7 Å².